The molecule has 4 heteroatoms. The molecule has 0 amide bonds. The van der Waals surface area contributed by atoms with Gasteiger partial charge in [0, 0.05) is 10.9 Å². The fourth-order valence-corrected chi connectivity index (χ4v) is 3.08. The van der Waals surface area contributed by atoms with E-state index in [9.17, 15) is 0 Å². The molecule has 1 heterocycles. The van der Waals surface area contributed by atoms with Crippen molar-refractivity contribution < 1.29 is 0 Å². The van der Waals surface area contributed by atoms with Gasteiger partial charge < -0.3 is 0 Å². The summed E-state index contributed by atoms with van der Waals surface area (Å²) in [5.74, 6) is 6.32. The molecule has 1 atom stereocenters. The summed E-state index contributed by atoms with van der Waals surface area (Å²) in [5.41, 5.74) is 2.91. The largest absolute Gasteiger partial charge is 0.271 e. The van der Waals surface area contributed by atoms with Gasteiger partial charge in [-0.25, -0.2) is 0 Å². The van der Waals surface area contributed by atoms with Gasteiger partial charge in [0.25, 0.3) is 0 Å². The standard InChI is InChI=1S/C9H13BrN2S/c10-9-4-3-7(13-9)5-8(12-11)6-1-2-6/h3-4,6,8,12H,1-2,5,11H2. The van der Waals surface area contributed by atoms with Gasteiger partial charge in [0.2, 0.25) is 0 Å². The van der Waals surface area contributed by atoms with Crippen LogP contribution in [0.2, 0.25) is 0 Å². The summed E-state index contributed by atoms with van der Waals surface area (Å²) in [6.07, 6.45) is 3.74. The van der Waals surface area contributed by atoms with Crippen LogP contribution in [-0.4, -0.2) is 6.04 Å². The summed E-state index contributed by atoms with van der Waals surface area (Å²) in [6, 6.07) is 4.74. The van der Waals surface area contributed by atoms with E-state index >= 15 is 0 Å². The lowest BCUT2D eigenvalue weighted by atomic mass is 10.1. The fourth-order valence-electron chi connectivity index (χ4n) is 1.54. The molecule has 2 rings (SSSR count). The van der Waals surface area contributed by atoms with Gasteiger partial charge >= 0.3 is 0 Å². The van der Waals surface area contributed by atoms with Crippen LogP contribution in [0.3, 0.4) is 0 Å². The molecule has 1 aromatic rings. The molecule has 1 unspecified atom stereocenters. The predicted molar refractivity (Wildman–Crippen MR) is 59.6 cm³/mol. The second-order valence-electron chi connectivity index (χ2n) is 3.52. The first kappa shape index (κ1) is 9.65. The lowest BCUT2D eigenvalue weighted by Gasteiger charge is -2.12. The van der Waals surface area contributed by atoms with Crippen molar-refractivity contribution in [2.24, 2.45) is 11.8 Å². The number of nitrogens with two attached hydrogens (primary N) is 1. The normalized spacial score (nSPS) is 18.9. The van der Waals surface area contributed by atoms with Gasteiger partial charge in [-0.2, -0.15) is 0 Å². The number of nitrogens with one attached hydrogen (secondary N) is 1. The maximum absolute atomic E-state index is 5.51. The quantitative estimate of drug-likeness (QED) is 0.644. The Morgan fingerprint density at radius 1 is 1.62 bits per heavy atom. The SMILES string of the molecule is NNC(Cc1ccc(Br)s1)C1CC1. The van der Waals surface area contributed by atoms with Crippen LogP contribution in [0.5, 0.6) is 0 Å². The van der Waals surface area contributed by atoms with Gasteiger partial charge in [0.1, 0.15) is 0 Å². The number of hydrogen-bond acceptors (Lipinski definition) is 3. The summed E-state index contributed by atoms with van der Waals surface area (Å²) in [6.45, 7) is 0. The van der Waals surface area contributed by atoms with E-state index in [0.717, 1.165) is 12.3 Å². The molecule has 0 bridgehead atoms. The van der Waals surface area contributed by atoms with E-state index < -0.39 is 0 Å². The van der Waals surface area contributed by atoms with Crippen molar-refractivity contribution in [2.75, 3.05) is 0 Å². The maximum atomic E-state index is 5.51. The Labute approximate surface area is 90.6 Å². The zero-order valence-electron chi connectivity index (χ0n) is 7.29. The molecule has 0 radical (unpaired) electrons. The number of thiophene rings is 1. The maximum Gasteiger partial charge on any atom is 0.0701 e. The Morgan fingerprint density at radius 2 is 2.38 bits per heavy atom. The highest BCUT2D eigenvalue weighted by molar-refractivity contribution is 9.11. The van der Waals surface area contributed by atoms with Crippen LogP contribution < -0.4 is 11.3 Å². The third kappa shape index (κ3) is 2.53. The molecular weight excluding hydrogens is 248 g/mol. The average Bonchev–Trinajstić information content (AvgIpc) is 2.87. The van der Waals surface area contributed by atoms with Crippen LogP contribution in [0.25, 0.3) is 0 Å². The van der Waals surface area contributed by atoms with Crippen LogP contribution in [0.4, 0.5) is 0 Å². The average molecular weight is 261 g/mol. The third-order valence-electron chi connectivity index (χ3n) is 2.46. The number of halogens is 1. The molecule has 0 saturated heterocycles. The highest BCUT2D eigenvalue weighted by atomic mass is 79.9. The van der Waals surface area contributed by atoms with Crippen molar-refractivity contribution in [1.82, 2.24) is 5.43 Å². The molecule has 2 nitrogen and oxygen atoms in total. The molecule has 1 aromatic heterocycles. The van der Waals surface area contributed by atoms with Crippen molar-refractivity contribution in [3.05, 3.63) is 20.8 Å². The van der Waals surface area contributed by atoms with Gasteiger partial charge in [-0.15, -0.1) is 11.3 Å². The summed E-state index contributed by atoms with van der Waals surface area (Å²) < 4.78 is 1.20. The Morgan fingerprint density at radius 3 is 2.85 bits per heavy atom. The van der Waals surface area contributed by atoms with Crippen LogP contribution >= 0.6 is 27.3 Å². The van der Waals surface area contributed by atoms with Gasteiger partial charge in [0.05, 0.1) is 3.79 Å². The third-order valence-corrected chi connectivity index (χ3v) is 4.10. The van der Waals surface area contributed by atoms with E-state index in [4.69, 9.17) is 5.84 Å². The number of hydrogen-bond donors (Lipinski definition) is 2. The monoisotopic (exact) mass is 260 g/mol. The zero-order chi connectivity index (χ0) is 9.26. The predicted octanol–water partition coefficient (Wildman–Crippen LogP) is 2.29. The Kier molecular flexibility index (Phi) is 3.03. The van der Waals surface area contributed by atoms with Crippen molar-refractivity contribution >= 4 is 27.3 Å². The first-order chi connectivity index (χ1) is 6.29. The summed E-state index contributed by atoms with van der Waals surface area (Å²) in [5, 5.41) is 0. The van der Waals surface area contributed by atoms with Gasteiger partial charge in [0.15, 0.2) is 0 Å². The van der Waals surface area contributed by atoms with Crippen LogP contribution in [0, 0.1) is 5.92 Å². The van der Waals surface area contributed by atoms with Gasteiger partial charge in [-0.3, -0.25) is 11.3 Å². The molecule has 3 N–H and O–H groups in total. The lowest BCUT2D eigenvalue weighted by molar-refractivity contribution is 0.475. The minimum atomic E-state index is 0.477. The topological polar surface area (TPSA) is 38.0 Å². The van der Waals surface area contributed by atoms with Gasteiger partial charge in [-0.1, -0.05) is 0 Å². The first-order valence-electron chi connectivity index (χ1n) is 4.50. The van der Waals surface area contributed by atoms with Crippen molar-refractivity contribution in [3.63, 3.8) is 0 Å². The molecule has 1 aliphatic carbocycles. The highest BCUT2D eigenvalue weighted by Crippen LogP contribution is 2.35. The lowest BCUT2D eigenvalue weighted by Crippen LogP contribution is -2.38. The van der Waals surface area contributed by atoms with E-state index in [2.05, 4.69) is 33.5 Å². The Hall–Kier alpha value is 0.1000. The van der Waals surface area contributed by atoms with Crippen LogP contribution in [0.15, 0.2) is 15.9 Å². The minimum absolute atomic E-state index is 0.477. The molecule has 0 spiro atoms. The highest BCUT2D eigenvalue weighted by Gasteiger charge is 2.30. The van der Waals surface area contributed by atoms with E-state index in [1.54, 1.807) is 11.3 Å². The number of hydrazine groups is 1. The van der Waals surface area contributed by atoms with Crippen molar-refractivity contribution in [1.29, 1.82) is 0 Å². The molecule has 1 saturated carbocycles. The molecule has 13 heavy (non-hydrogen) atoms. The smallest absolute Gasteiger partial charge is 0.0701 e. The number of rotatable bonds is 4. The van der Waals surface area contributed by atoms with E-state index in [0.29, 0.717) is 6.04 Å². The summed E-state index contributed by atoms with van der Waals surface area (Å²) in [4.78, 5) is 1.40. The molecule has 0 aliphatic heterocycles. The van der Waals surface area contributed by atoms with Crippen molar-refractivity contribution in [2.45, 2.75) is 25.3 Å². The second-order valence-corrected chi connectivity index (χ2v) is 6.07. The molecule has 1 aliphatic rings. The summed E-state index contributed by atoms with van der Waals surface area (Å²) in [7, 11) is 0. The van der Waals surface area contributed by atoms with Crippen LogP contribution in [-0.2, 0) is 6.42 Å². The zero-order valence-corrected chi connectivity index (χ0v) is 9.70. The van der Waals surface area contributed by atoms with E-state index in [-0.39, 0.29) is 0 Å². The molecular formula is C9H13BrN2S. The first-order valence-corrected chi connectivity index (χ1v) is 6.11. The van der Waals surface area contributed by atoms with E-state index in [1.807, 2.05) is 0 Å². The van der Waals surface area contributed by atoms with Crippen molar-refractivity contribution in [3.8, 4) is 0 Å². The molecule has 72 valence electrons. The molecule has 0 aromatic carbocycles. The molecule has 1 fully saturated rings. The minimum Gasteiger partial charge on any atom is -0.271 e. The van der Waals surface area contributed by atoms with Gasteiger partial charge in [-0.05, 0) is 53.2 Å². The Balaban J connectivity index is 1.95. The fraction of sp³-hybridized carbons (Fsp3) is 0.556. The van der Waals surface area contributed by atoms with E-state index in [1.165, 1.54) is 21.5 Å². The Bertz CT molecular complexity index is 283. The second kappa shape index (κ2) is 4.09. The van der Waals surface area contributed by atoms with Crippen LogP contribution in [0.1, 0.15) is 17.7 Å². The summed E-state index contributed by atoms with van der Waals surface area (Å²) >= 11 is 5.26.